The molecule has 3 N–H and O–H groups in total. The van der Waals surface area contributed by atoms with E-state index in [-0.39, 0.29) is 23.4 Å². The molecule has 0 aliphatic heterocycles. The number of aromatic nitrogens is 4. The van der Waals surface area contributed by atoms with Crippen LogP contribution in [0, 0.1) is 0 Å². The maximum atomic E-state index is 14.1. The van der Waals surface area contributed by atoms with Gasteiger partial charge in [-0.05, 0) is 131 Å². The van der Waals surface area contributed by atoms with Gasteiger partial charge in [0, 0.05) is 10.2 Å². The molecule has 17 heteroatoms. The quantitative estimate of drug-likeness (QED) is 0.0775. The van der Waals surface area contributed by atoms with Crippen molar-refractivity contribution in [1.82, 2.24) is 29.7 Å². The first-order chi connectivity index (χ1) is 32.3. The van der Waals surface area contributed by atoms with Crippen molar-refractivity contribution >= 4 is 61.6 Å². The van der Waals surface area contributed by atoms with E-state index in [0.29, 0.717) is 73.6 Å². The van der Waals surface area contributed by atoms with Crippen LogP contribution < -0.4 is 27.1 Å². The SMILES string of the molecule is CC[C@H](NC(=O)OC(C)(C)C)c1nc2cccc(Br)c2c(=O)n1-c1ccccc1.CC[C@H](NC(=O)OC(C)(C)C)c1nc2cccc(NCc3ccc(C(=O)OC)o3)c2c(=O)n1-c1ccccc1. The molecule has 2 amide bonds. The number of furan rings is 1. The second-order valence-corrected chi connectivity index (χ2v) is 18.4. The fourth-order valence-electron chi connectivity index (χ4n) is 7.19. The third-order valence-electron chi connectivity index (χ3n) is 10.1. The molecule has 7 rings (SSSR count). The predicted octanol–water partition coefficient (Wildman–Crippen LogP) is 10.5. The van der Waals surface area contributed by atoms with Crippen molar-refractivity contribution in [3.8, 4) is 11.4 Å². The smallest absolute Gasteiger partial charge is 0.408 e. The average molecular weight is 991 g/mol. The van der Waals surface area contributed by atoms with Crippen molar-refractivity contribution < 1.29 is 33.0 Å². The maximum absolute atomic E-state index is 14.1. The van der Waals surface area contributed by atoms with Gasteiger partial charge in [-0.15, -0.1) is 0 Å². The van der Waals surface area contributed by atoms with Gasteiger partial charge in [0.25, 0.3) is 11.1 Å². The highest BCUT2D eigenvalue weighted by Gasteiger charge is 2.27. The molecule has 0 saturated carbocycles. The number of carbonyl (C=O) groups excluding carboxylic acids is 3. The lowest BCUT2D eigenvalue weighted by atomic mass is 10.1. The molecule has 16 nitrogen and oxygen atoms in total. The number of esters is 1. The highest BCUT2D eigenvalue weighted by atomic mass is 79.9. The number of halogens is 1. The molecule has 0 aliphatic carbocycles. The number of anilines is 1. The molecule has 0 spiro atoms. The Morgan fingerprint density at radius 2 is 1.12 bits per heavy atom. The third kappa shape index (κ3) is 12.2. The van der Waals surface area contributed by atoms with E-state index in [0.717, 1.165) is 0 Å². The zero-order chi connectivity index (χ0) is 49.3. The third-order valence-corrected chi connectivity index (χ3v) is 10.8. The van der Waals surface area contributed by atoms with E-state index in [1.807, 2.05) is 86.6 Å². The normalized spacial score (nSPS) is 12.3. The van der Waals surface area contributed by atoms with Crippen LogP contribution in [0.25, 0.3) is 33.2 Å². The second kappa shape index (κ2) is 21.6. The van der Waals surface area contributed by atoms with Crippen LogP contribution in [0.3, 0.4) is 0 Å². The number of alkyl carbamates (subject to hydrolysis) is 2. The standard InChI is InChI=1S/C29H32N4O6.C22H24BrN3O3/c1-6-20(32-28(36)39-29(2,3)4)25-31-22-14-10-13-21(30-17-19-15-16-23(38-19)27(35)37-5)24(22)26(34)33(25)18-11-8-7-9-12-18;1-5-16(25-21(28)29-22(2,3)4)19-24-17-13-9-12-15(23)18(17)20(27)26(19)14-10-7-6-8-11-14/h7-16,20,30H,6,17H2,1-5H3,(H,32,36);6-13,16H,5H2,1-4H3,(H,25,28)/t20-;16-/m00/s1. The number of hydrogen-bond donors (Lipinski definition) is 3. The predicted molar refractivity (Wildman–Crippen MR) is 265 cm³/mol. The summed E-state index contributed by atoms with van der Waals surface area (Å²) in [4.78, 5) is 73.9. The van der Waals surface area contributed by atoms with Crippen molar-refractivity contribution in [3.63, 3.8) is 0 Å². The number of carbonyl (C=O) groups is 3. The van der Waals surface area contributed by atoms with Crippen molar-refractivity contribution in [2.45, 2.75) is 98.1 Å². The van der Waals surface area contributed by atoms with Crippen LogP contribution in [-0.2, 0) is 20.8 Å². The molecule has 356 valence electrons. The Morgan fingerprint density at radius 3 is 1.59 bits per heavy atom. The van der Waals surface area contributed by atoms with E-state index in [4.69, 9.17) is 23.9 Å². The summed E-state index contributed by atoms with van der Waals surface area (Å²) in [5, 5.41) is 9.82. The summed E-state index contributed by atoms with van der Waals surface area (Å²) in [7, 11) is 1.28. The fourth-order valence-corrected chi connectivity index (χ4v) is 7.71. The van der Waals surface area contributed by atoms with Crippen LogP contribution in [0.2, 0.25) is 0 Å². The van der Waals surface area contributed by atoms with Crippen LogP contribution in [0.1, 0.15) is 108 Å². The second-order valence-electron chi connectivity index (χ2n) is 17.6. The lowest BCUT2D eigenvalue weighted by Gasteiger charge is -2.25. The maximum Gasteiger partial charge on any atom is 0.408 e. The first kappa shape index (κ1) is 50.1. The summed E-state index contributed by atoms with van der Waals surface area (Å²) in [5.41, 5.74) is 1.07. The first-order valence-electron chi connectivity index (χ1n) is 22.1. The molecule has 0 aliphatic rings. The molecule has 0 unspecified atom stereocenters. The molecule has 7 aromatic rings. The topological polar surface area (TPSA) is 198 Å². The van der Waals surface area contributed by atoms with Gasteiger partial charge in [0.2, 0.25) is 5.76 Å². The van der Waals surface area contributed by atoms with E-state index in [1.54, 1.807) is 76.4 Å². The fraction of sp³-hybridized carbons (Fsp3) is 0.314. The number of amides is 2. The van der Waals surface area contributed by atoms with Gasteiger partial charge in [-0.3, -0.25) is 18.7 Å². The molecule has 3 aromatic heterocycles. The lowest BCUT2D eigenvalue weighted by Crippen LogP contribution is -2.37. The van der Waals surface area contributed by atoms with Gasteiger partial charge in [0.1, 0.15) is 28.6 Å². The molecular formula is C51H56BrN7O9. The van der Waals surface area contributed by atoms with Gasteiger partial charge in [-0.1, -0.05) is 62.4 Å². The number of ether oxygens (including phenoxy) is 3. The zero-order valence-electron chi connectivity index (χ0n) is 39.5. The zero-order valence-corrected chi connectivity index (χ0v) is 41.1. The highest BCUT2D eigenvalue weighted by molar-refractivity contribution is 9.10. The minimum atomic E-state index is -0.676. The van der Waals surface area contributed by atoms with Gasteiger partial charge in [-0.25, -0.2) is 24.4 Å². The monoisotopic (exact) mass is 989 g/mol. The number of rotatable bonds is 12. The number of hydrogen-bond acceptors (Lipinski definition) is 12. The number of methoxy groups -OCH3 is 1. The molecule has 2 atom stereocenters. The van der Waals surface area contributed by atoms with E-state index < -0.39 is 41.4 Å². The van der Waals surface area contributed by atoms with E-state index in [2.05, 4.69) is 36.6 Å². The summed E-state index contributed by atoms with van der Waals surface area (Å²) in [6.07, 6.45) is -0.128. The van der Waals surface area contributed by atoms with Gasteiger partial charge >= 0.3 is 18.2 Å². The average Bonchev–Trinajstić information content (AvgIpc) is 3.77. The molecule has 0 radical (unpaired) electrons. The Kier molecular flexibility index (Phi) is 15.9. The first-order valence-corrected chi connectivity index (χ1v) is 22.9. The molecule has 68 heavy (non-hydrogen) atoms. The summed E-state index contributed by atoms with van der Waals surface area (Å²) in [5.74, 6) is 0.860. The highest BCUT2D eigenvalue weighted by Crippen LogP contribution is 2.27. The Balaban J connectivity index is 0.000000234. The van der Waals surface area contributed by atoms with Crippen LogP contribution in [0.5, 0.6) is 0 Å². The van der Waals surface area contributed by atoms with Crippen LogP contribution in [0.15, 0.2) is 128 Å². The summed E-state index contributed by atoms with van der Waals surface area (Å²) in [6, 6.07) is 31.3. The van der Waals surface area contributed by atoms with Crippen molar-refractivity contribution in [1.29, 1.82) is 0 Å². The number of benzene rings is 4. The van der Waals surface area contributed by atoms with E-state index in [9.17, 15) is 24.0 Å². The summed E-state index contributed by atoms with van der Waals surface area (Å²) < 4.78 is 24.8. The van der Waals surface area contributed by atoms with Crippen molar-refractivity contribution in [3.05, 3.63) is 158 Å². The van der Waals surface area contributed by atoms with E-state index >= 15 is 0 Å². The molecule has 0 saturated heterocycles. The molecular weight excluding hydrogens is 935 g/mol. The van der Waals surface area contributed by atoms with Crippen LogP contribution >= 0.6 is 15.9 Å². The Labute approximate surface area is 402 Å². The minimum Gasteiger partial charge on any atom is -0.463 e. The molecule has 3 heterocycles. The summed E-state index contributed by atoms with van der Waals surface area (Å²) >= 11 is 3.46. The van der Waals surface area contributed by atoms with E-state index in [1.165, 1.54) is 17.7 Å². The van der Waals surface area contributed by atoms with Gasteiger partial charge < -0.3 is 34.6 Å². The molecule has 0 bridgehead atoms. The number of nitrogens with zero attached hydrogens (tertiary/aromatic N) is 4. The van der Waals surface area contributed by atoms with Gasteiger partial charge in [0.05, 0.1) is 58.9 Å². The summed E-state index contributed by atoms with van der Waals surface area (Å²) in [6.45, 7) is 14.8. The Bertz CT molecular complexity index is 3030. The molecule has 0 fully saturated rings. The van der Waals surface area contributed by atoms with Crippen molar-refractivity contribution in [2.24, 2.45) is 0 Å². The van der Waals surface area contributed by atoms with Crippen LogP contribution in [0.4, 0.5) is 15.3 Å². The Morgan fingerprint density at radius 1 is 0.647 bits per heavy atom. The molecule has 4 aromatic carbocycles. The van der Waals surface area contributed by atoms with Crippen molar-refractivity contribution in [2.75, 3.05) is 12.4 Å². The largest absolute Gasteiger partial charge is 0.463 e. The number of para-hydroxylation sites is 2. The lowest BCUT2D eigenvalue weighted by molar-refractivity contribution is 0.0487. The Hall–Kier alpha value is -7.27. The number of fused-ring (bicyclic) bond motifs is 2. The van der Waals surface area contributed by atoms with Gasteiger partial charge in [-0.2, -0.15) is 0 Å². The van der Waals surface area contributed by atoms with Crippen LogP contribution in [-0.4, -0.2) is 55.6 Å². The van der Waals surface area contributed by atoms with Gasteiger partial charge in [0.15, 0.2) is 0 Å². The number of nitrogens with one attached hydrogen (secondary N) is 3. The minimum absolute atomic E-state index is 0.0908.